The number of rotatable bonds is 2. The summed E-state index contributed by atoms with van der Waals surface area (Å²) >= 11 is 3.24. The lowest BCUT2D eigenvalue weighted by molar-refractivity contribution is 0.204. The van der Waals surface area contributed by atoms with Gasteiger partial charge in [-0.1, -0.05) is 6.42 Å². The first-order chi connectivity index (χ1) is 8.84. The Labute approximate surface area is 122 Å². The largest absolute Gasteiger partial charge is 0.383 e. The molecule has 7 heteroatoms. The second-order valence-corrected chi connectivity index (χ2v) is 7.73. The van der Waals surface area contributed by atoms with Crippen molar-refractivity contribution in [3.05, 3.63) is 16.7 Å². The van der Waals surface area contributed by atoms with E-state index in [1.807, 2.05) is 13.8 Å². The zero-order chi connectivity index (χ0) is 14.2. The summed E-state index contributed by atoms with van der Waals surface area (Å²) in [6.45, 7) is 3.88. The van der Waals surface area contributed by atoms with Crippen LogP contribution >= 0.6 is 15.9 Å². The van der Waals surface area contributed by atoms with E-state index in [0.717, 1.165) is 19.3 Å². The molecule has 2 atom stereocenters. The second-order valence-electron chi connectivity index (χ2n) is 5.00. The van der Waals surface area contributed by atoms with E-state index in [1.165, 1.54) is 12.3 Å². The van der Waals surface area contributed by atoms with Crippen LogP contribution in [0.15, 0.2) is 21.6 Å². The van der Waals surface area contributed by atoms with Gasteiger partial charge in [0.15, 0.2) is 0 Å². The van der Waals surface area contributed by atoms with Gasteiger partial charge < -0.3 is 5.73 Å². The third-order valence-electron chi connectivity index (χ3n) is 3.52. The molecule has 1 fully saturated rings. The molecule has 0 saturated carbocycles. The van der Waals surface area contributed by atoms with Crippen LogP contribution in [0.1, 0.15) is 33.1 Å². The molecular weight excluding hydrogens is 330 g/mol. The maximum absolute atomic E-state index is 12.8. The van der Waals surface area contributed by atoms with Crippen molar-refractivity contribution in [2.24, 2.45) is 0 Å². The highest BCUT2D eigenvalue weighted by atomic mass is 79.9. The molecule has 0 aliphatic carbocycles. The molecule has 0 amide bonds. The Morgan fingerprint density at radius 1 is 1.37 bits per heavy atom. The van der Waals surface area contributed by atoms with Gasteiger partial charge in [-0.3, -0.25) is 0 Å². The average molecular weight is 348 g/mol. The van der Waals surface area contributed by atoms with E-state index in [2.05, 4.69) is 20.9 Å². The van der Waals surface area contributed by atoms with Gasteiger partial charge in [-0.15, -0.1) is 0 Å². The smallest absolute Gasteiger partial charge is 0.247 e. The van der Waals surface area contributed by atoms with E-state index in [-0.39, 0.29) is 22.8 Å². The summed E-state index contributed by atoms with van der Waals surface area (Å²) < 4.78 is 27.7. The van der Waals surface area contributed by atoms with Gasteiger partial charge in [-0.25, -0.2) is 13.4 Å². The Hall–Kier alpha value is -0.660. The molecule has 1 aromatic heterocycles. The van der Waals surface area contributed by atoms with Crippen LogP contribution in [0.3, 0.4) is 0 Å². The molecule has 0 aromatic carbocycles. The van der Waals surface area contributed by atoms with Crippen molar-refractivity contribution in [2.75, 3.05) is 5.73 Å². The number of nitrogens with zero attached hydrogens (tertiary/aromatic N) is 2. The Morgan fingerprint density at radius 2 is 1.95 bits per heavy atom. The van der Waals surface area contributed by atoms with Crippen molar-refractivity contribution < 1.29 is 8.42 Å². The summed E-state index contributed by atoms with van der Waals surface area (Å²) in [7, 11) is -3.60. The molecule has 2 N–H and O–H groups in total. The summed E-state index contributed by atoms with van der Waals surface area (Å²) in [5.74, 6) is 0.0492. The van der Waals surface area contributed by atoms with Crippen molar-refractivity contribution in [3.63, 3.8) is 0 Å². The molecule has 19 heavy (non-hydrogen) atoms. The Bertz CT molecular complexity index is 566. The molecule has 2 heterocycles. The minimum absolute atomic E-state index is 0.00729. The third kappa shape index (κ3) is 2.78. The molecule has 1 aliphatic heterocycles. The average Bonchev–Trinajstić information content (AvgIpc) is 2.31. The summed E-state index contributed by atoms with van der Waals surface area (Å²) in [5.41, 5.74) is 5.74. The lowest BCUT2D eigenvalue weighted by Crippen LogP contribution is -2.47. The Morgan fingerprint density at radius 3 is 2.53 bits per heavy atom. The van der Waals surface area contributed by atoms with Gasteiger partial charge >= 0.3 is 0 Å². The zero-order valence-electron chi connectivity index (χ0n) is 11.0. The van der Waals surface area contributed by atoms with Crippen molar-refractivity contribution >= 4 is 31.8 Å². The van der Waals surface area contributed by atoms with Gasteiger partial charge in [0.25, 0.3) is 0 Å². The zero-order valence-corrected chi connectivity index (χ0v) is 13.4. The second kappa shape index (κ2) is 5.38. The maximum Gasteiger partial charge on any atom is 0.247 e. The predicted octanol–water partition coefficient (Wildman–Crippen LogP) is 2.38. The van der Waals surface area contributed by atoms with Crippen molar-refractivity contribution in [3.8, 4) is 0 Å². The van der Waals surface area contributed by atoms with Crippen LogP contribution in [0.4, 0.5) is 5.82 Å². The minimum Gasteiger partial charge on any atom is -0.383 e. The molecule has 0 unspecified atom stereocenters. The number of aromatic nitrogens is 1. The number of pyridine rings is 1. The Kier molecular flexibility index (Phi) is 4.17. The number of piperidine rings is 1. The van der Waals surface area contributed by atoms with Gasteiger partial charge in [0, 0.05) is 22.8 Å². The molecule has 106 valence electrons. The number of hydrogen-bond acceptors (Lipinski definition) is 4. The first-order valence-corrected chi connectivity index (χ1v) is 8.52. The van der Waals surface area contributed by atoms with E-state index in [0.29, 0.717) is 4.47 Å². The van der Waals surface area contributed by atoms with Crippen LogP contribution in [0.5, 0.6) is 0 Å². The van der Waals surface area contributed by atoms with Crippen LogP contribution in [0.25, 0.3) is 0 Å². The van der Waals surface area contributed by atoms with E-state index in [9.17, 15) is 8.42 Å². The molecular formula is C12H18BrN3O2S. The standard InChI is InChI=1S/C12H18BrN3O2S/c1-8-4-3-5-9(2)16(8)19(17,18)11-6-10(13)7-15-12(11)14/h6-9H,3-5H2,1-2H3,(H2,14,15)/t8-,9+. The van der Waals surface area contributed by atoms with Crippen molar-refractivity contribution in [1.82, 2.24) is 9.29 Å². The summed E-state index contributed by atoms with van der Waals surface area (Å²) in [5, 5.41) is 0. The lowest BCUT2D eigenvalue weighted by atomic mass is 10.0. The molecule has 1 aromatic rings. The van der Waals surface area contributed by atoms with Crippen LogP contribution in [0.2, 0.25) is 0 Å². The van der Waals surface area contributed by atoms with Gasteiger partial charge in [-0.05, 0) is 48.7 Å². The first kappa shape index (κ1) is 14.7. The number of nitrogen functional groups attached to an aromatic ring is 1. The molecule has 5 nitrogen and oxygen atoms in total. The molecule has 2 rings (SSSR count). The summed E-state index contributed by atoms with van der Waals surface area (Å²) in [6, 6.07) is 1.50. The lowest BCUT2D eigenvalue weighted by Gasteiger charge is -2.37. The Balaban J connectivity index is 2.49. The molecule has 1 saturated heterocycles. The molecule has 0 bridgehead atoms. The highest BCUT2D eigenvalue weighted by Gasteiger charge is 2.37. The first-order valence-electron chi connectivity index (χ1n) is 6.28. The predicted molar refractivity (Wildman–Crippen MR) is 78.1 cm³/mol. The van der Waals surface area contributed by atoms with E-state index < -0.39 is 10.0 Å². The number of nitrogens with two attached hydrogens (primary N) is 1. The van der Waals surface area contributed by atoms with E-state index in [4.69, 9.17) is 5.73 Å². The van der Waals surface area contributed by atoms with Gasteiger partial charge in [0.1, 0.15) is 10.7 Å². The van der Waals surface area contributed by atoms with Crippen LogP contribution in [-0.4, -0.2) is 29.8 Å². The highest BCUT2D eigenvalue weighted by molar-refractivity contribution is 9.10. The molecule has 0 radical (unpaired) electrons. The summed E-state index contributed by atoms with van der Waals surface area (Å²) in [6.07, 6.45) is 4.31. The fourth-order valence-electron chi connectivity index (χ4n) is 2.62. The number of hydrogen-bond donors (Lipinski definition) is 1. The number of halogens is 1. The van der Waals surface area contributed by atoms with E-state index >= 15 is 0 Å². The minimum atomic E-state index is -3.60. The topological polar surface area (TPSA) is 76.3 Å². The molecule has 1 aliphatic rings. The van der Waals surface area contributed by atoms with Crippen molar-refractivity contribution in [1.29, 1.82) is 0 Å². The fourth-order valence-corrected chi connectivity index (χ4v) is 5.08. The van der Waals surface area contributed by atoms with Gasteiger partial charge in [-0.2, -0.15) is 4.31 Å². The number of sulfonamides is 1. The van der Waals surface area contributed by atoms with E-state index in [1.54, 1.807) is 4.31 Å². The quantitative estimate of drug-likeness (QED) is 0.890. The third-order valence-corrected chi connectivity index (χ3v) is 6.11. The van der Waals surface area contributed by atoms with Crippen LogP contribution in [-0.2, 0) is 10.0 Å². The monoisotopic (exact) mass is 347 g/mol. The summed E-state index contributed by atoms with van der Waals surface area (Å²) in [4.78, 5) is 4.00. The maximum atomic E-state index is 12.8. The highest BCUT2D eigenvalue weighted by Crippen LogP contribution is 2.32. The van der Waals surface area contributed by atoms with Crippen LogP contribution < -0.4 is 5.73 Å². The van der Waals surface area contributed by atoms with Crippen LogP contribution in [0, 0.1) is 0 Å². The fraction of sp³-hybridized carbons (Fsp3) is 0.583. The van der Waals surface area contributed by atoms with Gasteiger partial charge in [0.05, 0.1) is 0 Å². The van der Waals surface area contributed by atoms with Crippen molar-refractivity contribution in [2.45, 2.75) is 50.1 Å². The SMILES string of the molecule is C[C@@H]1CCC[C@H](C)N1S(=O)(=O)c1cc(Br)cnc1N. The number of anilines is 1. The molecule has 0 spiro atoms. The normalized spacial score (nSPS) is 25.4. The van der Waals surface area contributed by atoms with Gasteiger partial charge in [0.2, 0.25) is 10.0 Å².